The van der Waals surface area contributed by atoms with E-state index in [9.17, 15) is 10.2 Å². The minimum Gasteiger partial charge on any atom is -0.497 e. The van der Waals surface area contributed by atoms with E-state index in [4.69, 9.17) is 9.47 Å². The highest BCUT2D eigenvalue weighted by Crippen LogP contribution is 2.29. The fraction of sp³-hybridized carbons (Fsp3) is 0.429. The second-order valence-electron chi connectivity index (χ2n) is 4.44. The summed E-state index contributed by atoms with van der Waals surface area (Å²) < 4.78 is 10.8. The summed E-state index contributed by atoms with van der Waals surface area (Å²) in [5.74, 6) is 0.790. The normalized spacial score (nSPS) is 26.5. The predicted molar refractivity (Wildman–Crippen MR) is 67.4 cm³/mol. The molecule has 0 unspecified atom stereocenters. The molecule has 1 aliphatic rings. The quantitative estimate of drug-likeness (QED) is 0.772. The standard InChI is InChI=1S/C14H18O4/c1-17-12-6-4-11(5-7-12)9-18-14(10-15)8-2-3-13(14)16/h2-7,13,15-16H,8-10H2,1H3/t13-,14+/m1/s1. The van der Waals surface area contributed by atoms with Crippen molar-refractivity contribution in [3.8, 4) is 5.75 Å². The van der Waals surface area contributed by atoms with Crippen LogP contribution in [0.4, 0.5) is 0 Å². The van der Waals surface area contributed by atoms with E-state index in [-0.39, 0.29) is 6.61 Å². The van der Waals surface area contributed by atoms with Gasteiger partial charge in [0.2, 0.25) is 0 Å². The number of hydrogen-bond donors (Lipinski definition) is 2. The van der Waals surface area contributed by atoms with Crippen LogP contribution in [0.15, 0.2) is 36.4 Å². The maximum Gasteiger partial charge on any atom is 0.124 e. The zero-order valence-corrected chi connectivity index (χ0v) is 10.4. The second-order valence-corrected chi connectivity index (χ2v) is 4.44. The number of ether oxygens (including phenoxy) is 2. The Hall–Kier alpha value is -1.36. The number of rotatable bonds is 5. The molecule has 2 atom stereocenters. The van der Waals surface area contributed by atoms with E-state index in [1.165, 1.54) is 0 Å². The van der Waals surface area contributed by atoms with Crippen LogP contribution in [0, 0.1) is 0 Å². The Morgan fingerprint density at radius 3 is 2.56 bits per heavy atom. The lowest BCUT2D eigenvalue weighted by atomic mass is 10.00. The first-order valence-corrected chi connectivity index (χ1v) is 5.93. The van der Waals surface area contributed by atoms with Crippen LogP contribution < -0.4 is 4.74 Å². The van der Waals surface area contributed by atoms with E-state index >= 15 is 0 Å². The number of methoxy groups -OCH3 is 1. The van der Waals surface area contributed by atoms with Gasteiger partial charge in [-0.1, -0.05) is 24.3 Å². The summed E-state index contributed by atoms with van der Waals surface area (Å²) in [6.07, 6.45) is 3.26. The molecule has 1 aromatic carbocycles. The van der Waals surface area contributed by atoms with Crippen LogP contribution in [0.1, 0.15) is 12.0 Å². The molecule has 0 aliphatic heterocycles. The topological polar surface area (TPSA) is 58.9 Å². The summed E-state index contributed by atoms with van der Waals surface area (Å²) in [5, 5.41) is 19.2. The molecular weight excluding hydrogens is 232 g/mol. The minimum absolute atomic E-state index is 0.197. The third kappa shape index (κ3) is 2.56. The van der Waals surface area contributed by atoms with Crippen LogP contribution >= 0.6 is 0 Å². The predicted octanol–water partition coefficient (Wildman–Crippen LogP) is 1.26. The smallest absolute Gasteiger partial charge is 0.124 e. The fourth-order valence-corrected chi connectivity index (χ4v) is 1.99. The summed E-state index contributed by atoms with van der Waals surface area (Å²) in [5.41, 5.74) is 0.0858. The van der Waals surface area contributed by atoms with Crippen LogP contribution in [0.25, 0.3) is 0 Å². The zero-order chi connectivity index (χ0) is 13.0. The van der Waals surface area contributed by atoms with Gasteiger partial charge in [-0.2, -0.15) is 0 Å². The van der Waals surface area contributed by atoms with E-state index < -0.39 is 11.7 Å². The molecule has 18 heavy (non-hydrogen) atoms. The summed E-state index contributed by atoms with van der Waals surface area (Å²) in [6, 6.07) is 7.51. The first-order valence-electron chi connectivity index (χ1n) is 5.93. The minimum atomic E-state index is -0.889. The van der Waals surface area contributed by atoms with E-state index in [1.807, 2.05) is 30.3 Å². The fourth-order valence-electron chi connectivity index (χ4n) is 1.99. The molecule has 1 aromatic rings. The zero-order valence-electron chi connectivity index (χ0n) is 10.4. The molecule has 0 aromatic heterocycles. The number of aliphatic hydroxyl groups is 2. The Bertz CT molecular complexity index is 412. The number of aliphatic hydroxyl groups excluding tert-OH is 2. The summed E-state index contributed by atoms with van der Waals surface area (Å²) in [4.78, 5) is 0. The Labute approximate surface area is 106 Å². The molecule has 0 fully saturated rings. The molecule has 1 aliphatic carbocycles. The van der Waals surface area contributed by atoms with Crippen LogP contribution in [0.2, 0.25) is 0 Å². The maximum atomic E-state index is 9.81. The lowest BCUT2D eigenvalue weighted by Crippen LogP contribution is -2.44. The SMILES string of the molecule is COc1ccc(CO[C@]2(CO)CC=C[C@H]2O)cc1. The highest BCUT2D eigenvalue weighted by Gasteiger charge is 2.39. The van der Waals surface area contributed by atoms with Gasteiger partial charge in [0.25, 0.3) is 0 Å². The van der Waals surface area contributed by atoms with Gasteiger partial charge in [-0.3, -0.25) is 0 Å². The highest BCUT2D eigenvalue weighted by atomic mass is 16.5. The maximum absolute atomic E-state index is 9.81. The first-order chi connectivity index (χ1) is 8.70. The van der Waals surface area contributed by atoms with Gasteiger partial charge in [-0.05, 0) is 24.1 Å². The van der Waals surface area contributed by atoms with Crippen molar-refractivity contribution < 1.29 is 19.7 Å². The molecule has 0 radical (unpaired) electrons. The van der Waals surface area contributed by atoms with Gasteiger partial charge < -0.3 is 19.7 Å². The molecule has 2 rings (SSSR count). The molecule has 0 bridgehead atoms. The van der Waals surface area contributed by atoms with E-state index in [0.29, 0.717) is 13.0 Å². The first kappa shape index (κ1) is 13.1. The monoisotopic (exact) mass is 250 g/mol. The average Bonchev–Trinajstić information content (AvgIpc) is 2.79. The van der Waals surface area contributed by atoms with Gasteiger partial charge in [0.15, 0.2) is 0 Å². The summed E-state index contributed by atoms with van der Waals surface area (Å²) >= 11 is 0. The van der Waals surface area contributed by atoms with Crippen molar-refractivity contribution in [2.24, 2.45) is 0 Å². The molecule has 0 saturated carbocycles. The van der Waals surface area contributed by atoms with Crippen molar-refractivity contribution in [2.75, 3.05) is 13.7 Å². The van der Waals surface area contributed by atoms with E-state index in [0.717, 1.165) is 11.3 Å². The third-order valence-electron chi connectivity index (χ3n) is 3.27. The van der Waals surface area contributed by atoms with Crippen molar-refractivity contribution in [2.45, 2.75) is 24.7 Å². The van der Waals surface area contributed by atoms with Gasteiger partial charge in [0, 0.05) is 0 Å². The largest absolute Gasteiger partial charge is 0.497 e. The molecule has 2 N–H and O–H groups in total. The van der Waals surface area contributed by atoms with Crippen molar-refractivity contribution in [3.63, 3.8) is 0 Å². The molecule has 4 heteroatoms. The van der Waals surface area contributed by atoms with E-state index in [1.54, 1.807) is 13.2 Å². The Morgan fingerprint density at radius 1 is 1.33 bits per heavy atom. The third-order valence-corrected chi connectivity index (χ3v) is 3.27. The number of hydrogen-bond acceptors (Lipinski definition) is 4. The van der Waals surface area contributed by atoms with Gasteiger partial charge in [0.05, 0.1) is 20.3 Å². The van der Waals surface area contributed by atoms with Crippen molar-refractivity contribution in [3.05, 3.63) is 42.0 Å². The van der Waals surface area contributed by atoms with Crippen LogP contribution in [-0.2, 0) is 11.3 Å². The molecule has 0 spiro atoms. The van der Waals surface area contributed by atoms with Crippen LogP contribution in [0.5, 0.6) is 5.75 Å². The lowest BCUT2D eigenvalue weighted by molar-refractivity contribution is -0.132. The van der Waals surface area contributed by atoms with Crippen LogP contribution in [-0.4, -0.2) is 35.6 Å². The van der Waals surface area contributed by atoms with Gasteiger partial charge in [0.1, 0.15) is 17.5 Å². The molecule has 0 amide bonds. The number of benzene rings is 1. The molecule has 0 heterocycles. The lowest BCUT2D eigenvalue weighted by Gasteiger charge is -2.30. The summed E-state index contributed by atoms with van der Waals surface area (Å²) in [6.45, 7) is 0.153. The van der Waals surface area contributed by atoms with Crippen LogP contribution in [0.3, 0.4) is 0 Å². The highest BCUT2D eigenvalue weighted by molar-refractivity contribution is 5.26. The van der Waals surface area contributed by atoms with Crippen molar-refractivity contribution in [1.82, 2.24) is 0 Å². The second kappa shape index (κ2) is 5.52. The molecule has 0 saturated heterocycles. The summed E-state index contributed by atoms with van der Waals surface area (Å²) in [7, 11) is 1.62. The Kier molecular flexibility index (Phi) is 4.01. The van der Waals surface area contributed by atoms with E-state index in [2.05, 4.69) is 0 Å². The van der Waals surface area contributed by atoms with Gasteiger partial charge in [-0.25, -0.2) is 0 Å². The van der Waals surface area contributed by atoms with Gasteiger partial charge in [-0.15, -0.1) is 0 Å². The Morgan fingerprint density at radius 2 is 2.06 bits per heavy atom. The average molecular weight is 250 g/mol. The molecule has 98 valence electrons. The molecular formula is C14H18O4. The molecule has 4 nitrogen and oxygen atoms in total. The van der Waals surface area contributed by atoms with Gasteiger partial charge >= 0.3 is 0 Å². The van der Waals surface area contributed by atoms with Crippen molar-refractivity contribution in [1.29, 1.82) is 0 Å². The van der Waals surface area contributed by atoms with Crippen molar-refractivity contribution >= 4 is 0 Å². The Balaban J connectivity index is 1.97.